The number of aryl methyl sites for hydroxylation is 1. The summed E-state index contributed by atoms with van der Waals surface area (Å²) >= 11 is 3.15. The summed E-state index contributed by atoms with van der Waals surface area (Å²) in [6.07, 6.45) is 0.958. The molecule has 3 nitrogen and oxygen atoms in total. The van der Waals surface area contributed by atoms with E-state index in [2.05, 4.69) is 40.4 Å². The lowest BCUT2D eigenvalue weighted by molar-refractivity contribution is -0.121. The van der Waals surface area contributed by atoms with Gasteiger partial charge in [0.05, 0.1) is 4.47 Å². The lowest BCUT2D eigenvalue weighted by Gasteiger charge is -2.17. The molecule has 1 unspecified atom stereocenters. The number of anilines is 1. The maximum Gasteiger partial charge on any atom is 0.242 e. The van der Waals surface area contributed by atoms with E-state index in [4.69, 9.17) is 0 Å². The van der Waals surface area contributed by atoms with Gasteiger partial charge in [0, 0.05) is 12.2 Å². The number of rotatable bonds is 6. The molecular weight excluding hydrogens is 323 g/mol. The average Bonchev–Trinajstić information content (AvgIpc) is 2.35. The molecule has 0 fully saturated rings. The second-order valence-corrected chi connectivity index (χ2v) is 6.28. The van der Waals surface area contributed by atoms with Crippen LogP contribution in [0, 0.1) is 18.7 Å². The molecule has 20 heavy (non-hydrogen) atoms. The fraction of sp³-hybridized carbons (Fsp3) is 0.533. The molecule has 0 radical (unpaired) electrons. The number of hydrogen-bond donors (Lipinski definition) is 2. The fourth-order valence-corrected chi connectivity index (χ4v) is 2.08. The second kappa shape index (κ2) is 7.62. The van der Waals surface area contributed by atoms with Crippen LogP contribution in [0.4, 0.5) is 10.1 Å². The van der Waals surface area contributed by atoms with Crippen molar-refractivity contribution in [2.45, 2.75) is 40.2 Å². The molecule has 5 heteroatoms. The van der Waals surface area contributed by atoms with E-state index in [1.165, 1.54) is 6.07 Å². The van der Waals surface area contributed by atoms with Gasteiger partial charge in [0.1, 0.15) is 11.9 Å². The summed E-state index contributed by atoms with van der Waals surface area (Å²) in [6.45, 7) is 8.51. The third-order valence-corrected chi connectivity index (χ3v) is 3.66. The maximum absolute atomic E-state index is 13.3. The van der Waals surface area contributed by atoms with E-state index < -0.39 is 0 Å². The van der Waals surface area contributed by atoms with Crippen molar-refractivity contribution in [2.24, 2.45) is 5.92 Å². The first kappa shape index (κ1) is 17.0. The van der Waals surface area contributed by atoms with Gasteiger partial charge in [0.2, 0.25) is 5.91 Å². The first-order chi connectivity index (χ1) is 9.31. The van der Waals surface area contributed by atoms with Crippen LogP contribution in [0.3, 0.4) is 0 Å². The van der Waals surface area contributed by atoms with Gasteiger partial charge in [-0.3, -0.25) is 4.79 Å². The van der Waals surface area contributed by atoms with Crippen LogP contribution in [0.1, 0.15) is 32.8 Å². The summed E-state index contributed by atoms with van der Waals surface area (Å²) in [7, 11) is 0. The standard InChI is InChI=1S/C15H22BrFN2O/c1-9(2)5-6-18-15(20)11(4)19-14-8-12(16)13(17)7-10(14)3/h7-9,11,19H,5-6H2,1-4H3,(H,18,20). The zero-order valence-corrected chi connectivity index (χ0v) is 14.0. The number of hydrogen-bond acceptors (Lipinski definition) is 2. The maximum atomic E-state index is 13.3. The molecule has 0 heterocycles. The monoisotopic (exact) mass is 344 g/mol. The Kier molecular flexibility index (Phi) is 6.46. The van der Waals surface area contributed by atoms with Crippen molar-refractivity contribution in [3.63, 3.8) is 0 Å². The number of carbonyl (C=O) groups is 1. The lowest BCUT2D eigenvalue weighted by Crippen LogP contribution is -2.38. The summed E-state index contributed by atoms with van der Waals surface area (Å²) in [5.41, 5.74) is 1.53. The summed E-state index contributed by atoms with van der Waals surface area (Å²) < 4.78 is 13.7. The Labute approximate surface area is 128 Å². The minimum atomic E-state index is -0.363. The Morgan fingerprint density at radius 3 is 2.60 bits per heavy atom. The van der Waals surface area contributed by atoms with Gasteiger partial charge in [-0.15, -0.1) is 0 Å². The molecule has 1 aromatic rings. The first-order valence-corrected chi connectivity index (χ1v) is 7.60. The molecule has 0 saturated carbocycles. The third kappa shape index (κ3) is 5.12. The summed E-state index contributed by atoms with van der Waals surface area (Å²) in [6, 6.07) is 2.73. The molecule has 0 aliphatic heterocycles. The number of amides is 1. The first-order valence-electron chi connectivity index (χ1n) is 6.81. The van der Waals surface area contributed by atoms with Crippen LogP contribution in [-0.4, -0.2) is 18.5 Å². The molecule has 1 amide bonds. The molecule has 0 spiro atoms. The van der Waals surface area contributed by atoms with Gasteiger partial charge in [0.15, 0.2) is 0 Å². The average molecular weight is 345 g/mol. The number of nitrogens with one attached hydrogen (secondary N) is 2. The normalized spacial score (nSPS) is 12.3. The SMILES string of the molecule is Cc1cc(F)c(Br)cc1NC(C)C(=O)NCCC(C)C. The molecule has 2 N–H and O–H groups in total. The van der Waals surface area contributed by atoms with Gasteiger partial charge in [-0.1, -0.05) is 13.8 Å². The Balaban J connectivity index is 2.59. The third-order valence-electron chi connectivity index (χ3n) is 3.05. The topological polar surface area (TPSA) is 41.1 Å². The molecule has 0 saturated heterocycles. The minimum Gasteiger partial charge on any atom is -0.374 e. The molecule has 112 valence electrons. The highest BCUT2D eigenvalue weighted by Crippen LogP contribution is 2.24. The van der Waals surface area contributed by atoms with Crippen molar-refractivity contribution < 1.29 is 9.18 Å². The molecule has 0 aromatic heterocycles. The zero-order valence-electron chi connectivity index (χ0n) is 12.4. The number of carbonyl (C=O) groups excluding carboxylic acids is 1. The predicted octanol–water partition coefficient (Wildman–Crippen LogP) is 3.86. The van der Waals surface area contributed by atoms with Gasteiger partial charge < -0.3 is 10.6 Å². The summed E-state index contributed by atoms with van der Waals surface area (Å²) in [4.78, 5) is 11.9. The van der Waals surface area contributed by atoms with Crippen LogP contribution >= 0.6 is 15.9 Å². The van der Waals surface area contributed by atoms with E-state index in [-0.39, 0.29) is 17.8 Å². The smallest absolute Gasteiger partial charge is 0.242 e. The van der Waals surface area contributed by atoms with Crippen LogP contribution in [0.15, 0.2) is 16.6 Å². The van der Waals surface area contributed by atoms with Crippen LogP contribution in [0.5, 0.6) is 0 Å². The largest absolute Gasteiger partial charge is 0.374 e. The van der Waals surface area contributed by atoms with E-state index in [0.29, 0.717) is 16.9 Å². The van der Waals surface area contributed by atoms with Gasteiger partial charge >= 0.3 is 0 Å². The fourth-order valence-electron chi connectivity index (χ4n) is 1.74. The minimum absolute atomic E-state index is 0.0505. The number of benzene rings is 1. The Morgan fingerprint density at radius 1 is 1.35 bits per heavy atom. The van der Waals surface area contributed by atoms with Crippen molar-refractivity contribution in [2.75, 3.05) is 11.9 Å². The second-order valence-electron chi connectivity index (χ2n) is 5.42. The molecule has 0 bridgehead atoms. The molecule has 1 rings (SSSR count). The van der Waals surface area contributed by atoms with Gasteiger partial charge in [-0.05, 0) is 59.8 Å². The van der Waals surface area contributed by atoms with Crippen LogP contribution in [0.2, 0.25) is 0 Å². The van der Waals surface area contributed by atoms with Crippen molar-refractivity contribution in [1.29, 1.82) is 0 Å². The van der Waals surface area contributed by atoms with Crippen LogP contribution in [0.25, 0.3) is 0 Å². The van der Waals surface area contributed by atoms with Crippen molar-refractivity contribution in [3.05, 3.63) is 28.0 Å². The highest BCUT2D eigenvalue weighted by atomic mass is 79.9. The molecule has 0 aliphatic rings. The van der Waals surface area contributed by atoms with Crippen LogP contribution in [-0.2, 0) is 4.79 Å². The Hall–Kier alpha value is -1.10. The molecule has 0 aliphatic carbocycles. The lowest BCUT2D eigenvalue weighted by atomic mass is 10.1. The van der Waals surface area contributed by atoms with E-state index in [0.717, 1.165) is 17.7 Å². The van der Waals surface area contributed by atoms with E-state index in [1.807, 2.05) is 0 Å². The van der Waals surface area contributed by atoms with Crippen LogP contribution < -0.4 is 10.6 Å². The molecular formula is C15H22BrFN2O. The van der Waals surface area contributed by atoms with Crippen molar-refractivity contribution >= 4 is 27.5 Å². The highest BCUT2D eigenvalue weighted by Gasteiger charge is 2.14. The predicted molar refractivity (Wildman–Crippen MR) is 84.4 cm³/mol. The number of halogens is 2. The van der Waals surface area contributed by atoms with Gasteiger partial charge in [-0.25, -0.2) is 4.39 Å². The highest BCUT2D eigenvalue weighted by molar-refractivity contribution is 9.10. The summed E-state index contributed by atoms with van der Waals surface area (Å²) in [5.74, 6) is 0.210. The van der Waals surface area contributed by atoms with Gasteiger partial charge in [0.25, 0.3) is 0 Å². The zero-order chi connectivity index (χ0) is 15.3. The Morgan fingerprint density at radius 2 is 2.00 bits per heavy atom. The van der Waals surface area contributed by atoms with E-state index in [1.54, 1.807) is 19.9 Å². The van der Waals surface area contributed by atoms with E-state index >= 15 is 0 Å². The summed E-state index contributed by atoms with van der Waals surface area (Å²) in [5, 5.41) is 6.00. The van der Waals surface area contributed by atoms with Gasteiger partial charge in [-0.2, -0.15) is 0 Å². The van der Waals surface area contributed by atoms with Crippen molar-refractivity contribution in [1.82, 2.24) is 5.32 Å². The molecule has 1 aromatic carbocycles. The quantitative estimate of drug-likeness (QED) is 0.822. The van der Waals surface area contributed by atoms with Crippen molar-refractivity contribution in [3.8, 4) is 0 Å². The van der Waals surface area contributed by atoms with E-state index in [9.17, 15) is 9.18 Å². The Bertz CT molecular complexity index is 477. The molecule has 1 atom stereocenters.